The van der Waals surface area contributed by atoms with Crippen LogP contribution in [0.15, 0.2) is 47.3 Å². The summed E-state index contributed by atoms with van der Waals surface area (Å²) < 4.78 is 15.4. The van der Waals surface area contributed by atoms with Crippen molar-refractivity contribution in [2.75, 3.05) is 6.54 Å². The van der Waals surface area contributed by atoms with E-state index in [1.54, 1.807) is 16.0 Å². The monoisotopic (exact) mass is 349 g/mol. The Hall–Kier alpha value is -2.18. The van der Waals surface area contributed by atoms with Gasteiger partial charge in [0, 0.05) is 23.7 Å². The van der Waals surface area contributed by atoms with E-state index in [0.29, 0.717) is 13.1 Å². The molecule has 0 aliphatic carbocycles. The predicted octanol–water partition coefficient (Wildman–Crippen LogP) is 3.83. The summed E-state index contributed by atoms with van der Waals surface area (Å²) in [5, 5.41) is 11.2. The summed E-state index contributed by atoms with van der Waals surface area (Å²) in [6.07, 6.45) is 1.84. The Labute approximate surface area is 141 Å². The van der Waals surface area contributed by atoms with E-state index >= 15 is 0 Å². The zero-order chi connectivity index (χ0) is 16.2. The standard InChI is InChI=1S/C16H13ClFN3OS/c17-12-2-1-3-13(18)15(12)16(22)19-6-8-21-7-4-14(20-21)11-5-9-23-10-11/h1-5,7,9-10H,6,8H2,(H,19,22). The van der Waals surface area contributed by atoms with E-state index in [9.17, 15) is 9.18 Å². The minimum Gasteiger partial charge on any atom is -0.350 e. The molecule has 0 spiro atoms. The lowest BCUT2D eigenvalue weighted by Crippen LogP contribution is -2.28. The zero-order valence-electron chi connectivity index (χ0n) is 12.0. The highest BCUT2D eigenvalue weighted by Crippen LogP contribution is 2.20. The van der Waals surface area contributed by atoms with E-state index in [4.69, 9.17) is 11.6 Å². The van der Waals surface area contributed by atoms with Crippen molar-refractivity contribution in [3.05, 3.63) is 63.7 Å². The van der Waals surface area contributed by atoms with Gasteiger partial charge in [-0.1, -0.05) is 17.7 Å². The van der Waals surface area contributed by atoms with E-state index in [1.165, 1.54) is 18.2 Å². The third kappa shape index (κ3) is 3.60. The molecule has 0 fully saturated rings. The molecule has 118 valence electrons. The number of hydrogen-bond acceptors (Lipinski definition) is 3. The van der Waals surface area contributed by atoms with Crippen LogP contribution >= 0.6 is 22.9 Å². The first-order valence-electron chi connectivity index (χ1n) is 6.93. The van der Waals surface area contributed by atoms with Crippen molar-refractivity contribution in [3.63, 3.8) is 0 Å². The molecule has 3 aromatic rings. The summed E-state index contributed by atoms with van der Waals surface area (Å²) in [6.45, 7) is 0.816. The molecule has 23 heavy (non-hydrogen) atoms. The van der Waals surface area contributed by atoms with Gasteiger partial charge in [0.1, 0.15) is 5.82 Å². The van der Waals surface area contributed by atoms with Crippen LogP contribution in [0.25, 0.3) is 11.3 Å². The van der Waals surface area contributed by atoms with Crippen molar-refractivity contribution in [3.8, 4) is 11.3 Å². The molecule has 0 saturated heterocycles. The molecule has 1 N–H and O–H groups in total. The Balaban J connectivity index is 1.58. The summed E-state index contributed by atoms with van der Waals surface area (Å²) >= 11 is 7.47. The first kappa shape index (κ1) is 15.7. The maximum atomic E-state index is 13.6. The van der Waals surface area contributed by atoms with Gasteiger partial charge in [0.05, 0.1) is 22.8 Å². The van der Waals surface area contributed by atoms with Gasteiger partial charge in [-0.2, -0.15) is 16.4 Å². The average Bonchev–Trinajstić information content (AvgIpc) is 3.18. The fourth-order valence-electron chi connectivity index (χ4n) is 2.14. The molecule has 4 nitrogen and oxygen atoms in total. The van der Waals surface area contributed by atoms with Crippen LogP contribution in [0, 0.1) is 5.82 Å². The number of nitrogens with zero attached hydrogens (tertiary/aromatic N) is 2. The minimum absolute atomic E-state index is 0.0985. The molecular formula is C16H13ClFN3OS. The molecule has 2 aromatic heterocycles. The van der Waals surface area contributed by atoms with Crippen LogP contribution in [-0.4, -0.2) is 22.2 Å². The smallest absolute Gasteiger partial charge is 0.255 e. The number of thiophene rings is 1. The highest BCUT2D eigenvalue weighted by Gasteiger charge is 2.15. The fraction of sp³-hybridized carbons (Fsp3) is 0.125. The van der Waals surface area contributed by atoms with E-state index in [-0.39, 0.29) is 10.6 Å². The third-order valence-corrected chi connectivity index (χ3v) is 4.27. The number of hydrogen-bond donors (Lipinski definition) is 1. The van der Waals surface area contributed by atoms with Crippen LogP contribution in [-0.2, 0) is 6.54 Å². The Morgan fingerprint density at radius 3 is 2.96 bits per heavy atom. The lowest BCUT2D eigenvalue weighted by atomic mass is 10.2. The number of nitrogens with one attached hydrogen (secondary N) is 1. The third-order valence-electron chi connectivity index (χ3n) is 3.27. The Morgan fingerprint density at radius 2 is 2.22 bits per heavy atom. The second-order valence-corrected chi connectivity index (χ2v) is 6.02. The molecular weight excluding hydrogens is 337 g/mol. The molecule has 3 rings (SSSR count). The van der Waals surface area contributed by atoms with Gasteiger partial charge in [-0.3, -0.25) is 9.48 Å². The van der Waals surface area contributed by atoms with Gasteiger partial charge in [-0.15, -0.1) is 0 Å². The molecule has 2 heterocycles. The average molecular weight is 350 g/mol. The van der Waals surface area contributed by atoms with E-state index in [0.717, 1.165) is 11.3 Å². The number of amides is 1. The largest absolute Gasteiger partial charge is 0.350 e. The Kier molecular flexibility index (Phi) is 4.73. The van der Waals surface area contributed by atoms with Crippen LogP contribution in [0.5, 0.6) is 0 Å². The second-order valence-electron chi connectivity index (χ2n) is 4.83. The van der Waals surface area contributed by atoms with Crippen molar-refractivity contribution < 1.29 is 9.18 Å². The summed E-state index contributed by atoms with van der Waals surface area (Å²) in [4.78, 5) is 12.0. The number of rotatable bonds is 5. The van der Waals surface area contributed by atoms with Gasteiger partial charge in [0.25, 0.3) is 5.91 Å². The number of benzene rings is 1. The molecule has 0 aliphatic rings. The summed E-state index contributed by atoms with van der Waals surface area (Å²) in [7, 11) is 0. The lowest BCUT2D eigenvalue weighted by Gasteiger charge is -2.07. The maximum Gasteiger partial charge on any atom is 0.255 e. The first-order chi connectivity index (χ1) is 11.1. The molecule has 1 amide bonds. The highest BCUT2D eigenvalue weighted by molar-refractivity contribution is 7.08. The highest BCUT2D eigenvalue weighted by atomic mass is 35.5. The molecule has 7 heteroatoms. The van der Waals surface area contributed by atoms with Crippen molar-refractivity contribution in [1.29, 1.82) is 0 Å². The second kappa shape index (κ2) is 6.93. The quantitative estimate of drug-likeness (QED) is 0.760. The molecule has 1 aromatic carbocycles. The SMILES string of the molecule is O=C(NCCn1ccc(-c2ccsc2)n1)c1c(F)cccc1Cl. The topological polar surface area (TPSA) is 46.9 Å². The van der Waals surface area contributed by atoms with E-state index in [1.807, 2.05) is 29.1 Å². The molecule has 0 bridgehead atoms. The Bertz CT molecular complexity index is 796. The van der Waals surface area contributed by atoms with Crippen LogP contribution < -0.4 is 5.32 Å². The van der Waals surface area contributed by atoms with Crippen molar-refractivity contribution >= 4 is 28.8 Å². The normalized spacial score (nSPS) is 10.7. The van der Waals surface area contributed by atoms with Gasteiger partial charge >= 0.3 is 0 Å². The van der Waals surface area contributed by atoms with Gasteiger partial charge in [0.2, 0.25) is 0 Å². The number of carbonyl (C=O) groups excluding carboxylic acids is 1. The number of halogens is 2. The van der Waals surface area contributed by atoms with E-state index < -0.39 is 11.7 Å². The molecule has 0 saturated carbocycles. The summed E-state index contributed by atoms with van der Waals surface area (Å²) in [5.74, 6) is -1.16. The van der Waals surface area contributed by atoms with E-state index in [2.05, 4.69) is 10.4 Å². The molecule has 0 radical (unpaired) electrons. The van der Waals surface area contributed by atoms with Crippen molar-refractivity contribution in [2.45, 2.75) is 6.54 Å². The molecule has 0 unspecified atom stereocenters. The maximum absolute atomic E-state index is 13.6. The lowest BCUT2D eigenvalue weighted by molar-refractivity contribution is 0.0948. The zero-order valence-corrected chi connectivity index (χ0v) is 13.6. The Morgan fingerprint density at radius 1 is 1.35 bits per heavy atom. The predicted molar refractivity (Wildman–Crippen MR) is 89.3 cm³/mol. The van der Waals surface area contributed by atoms with Gasteiger partial charge in [-0.25, -0.2) is 4.39 Å². The summed E-state index contributed by atoms with van der Waals surface area (Å²) in [6, 6.07) is 8.07. The van der Waals surface area contributed by atoms with Crippen molar-refractivity contribution in [2.24, 2.45) is 0 Å². The molecule has 0 aliphatic heterocycles. The number of carbonyl (C=O) groups is 1. The van der Waals surface area contributed by atoms with Gasteiger partial charge in [-0.05, 0) is 29.6 Å². The van der Waals surface area contributed by atoms with Crippen molar-refractivity contribution in [1.82, 2.24) is 15.1 Å². The van der Waals surface area contributed by atoms with Crippen LogP contribution in [0.3, 0.4) is 0 Å². The van der Waals surface area contributed by atoms with Crippen LogP contribution in [0.1, 0.15) is 10.4 Å². The molecule has 0 atom stereocenters. The minimum atomic E-state index is -0.631. The van der Waals surface area contributed by atoms with Crippen LogP contribution in [0.4, 0.5) is 4.39 Å². The van der Waals surface area contributed by atoms with Crippen LogP contribution in [0.2, 0.25) is 5.02 Å². The fourth-order valence-corrected chi connectivity index (χ4v) is 3.04. The van der Waals surface area contributed by atoms with Gasteiger partial charge < -0.3 is 5.32 Å². The summed E-state index contributed by atoms with van der Waals surface area (Å²) in [5.41, 5.74) is 1.82. The van der Waals surface area contributed by atoms with Gasteiger partial charge in [0.15, 0.2) is 0 Å². The first-order valence-corrected chi connectivity index (χ1v) is 8.25. The number of aromatic nitrogens is 2.